The number of hydrogen-bond donors (Lipinski definition) is 0. The van der Waals surface area contributed by atoms with Gasteiger partial charge in [0.2, 0.25) is 0 Å². The summed E-state index contributed by atoms with van der Waals surface area (Å²) in [6.45, 7) is 4.99. The van der Waals surface area contributed by atoms with E-state index in [4.69, 9.17) is 4.52 Å². The van der Waals surface area contributed by atoms with Crippen LogP contribution in [0.4, 0.5) is 19.0 Å². The van der Waals surface area contributed by atoms with Gasteiger partial charge >= 0.3 is 6.18 Å². The van der Waals surface area contributed by atoms with Crippen LogP contribution in [0.3, 0.4) is 0 Å². The van der Waals surface area contributed by atoms with E-state index in [0.717, 1.165) is 43.5 Å². The van der Waals surface area contributed by atoms with Crippen molar-refractivity contribution in [2.24, 2.45) is 5.92 Å². The molecule has 0 bridgehead atoms. The number of piperidine rings is 1. The lowest BCUT2D eigenvalue weighted by Gasteiger charge is -2.39. The molecule has 5 nitrogen and oxygen atoms in total. The summed E-state index contributed by atoms with van der Waals surface area (Å²) < 4.78 is 44.0. The molecule has 2 unspecified atom stereocenters. The Morgan fingerprint density at radius 3 is 2.77 bits per heavy atom. The molecule has 26 heavy (non-hydrogen) atoms. The molecule has 140 valence electrons. The van der Waals surface area contributed by atoms with Crippen molar-refractivity contribution < 1.29 is 17.7 Å². The zero-order valence-electron chi connectivity index (χ0n) is 14.5. The maximum atomic E-state index is 13.0. The highest BCUT2D eigenvalue weighted by Gasteiger charge is 2.39. The van der Waals surface area contributed by atoms with Gasteiger partial charge in [0.25, 0.3) is 0 Å². The van der Waals surface area contributed by atoms with Crippen LogP contribution in [0.5, 0.6) is 0 Å². The third kappa shape index (κ3) is 3.42. The molecule has 4 rings (SSSR count). The molecule has 2 fully saturated rings. The molecule has 0 saturated carbocycles. The van der Waals surface area contributed by atoms with Crippen LogP contribution in [-0.2, 0) is 12.7 Å². The van der Waals surface area contributed by atoms with E-state index >= 15 is 0 Å². The molecule has 0 spiro atoms. The molecule has 0 N–H and O–H groups in total. The Morgan fingerprint density at radius 1 is 1.23 bits per heavy atom. The Labute approximate surface area is 149 Å². The molecule has 2 aliphatic rings. The molecule has 2 atom stereocenters. The van der Waals surface area contributed by atoms with Crippen LogP contribution >= 0.6 is 0 Å². The second-order valence-corrected chi connectivity index (χ2v) is 7.13. The maximum Gasteiger partial charge on any atom is 0.433 e. The van der Waals surface area contributed by atoms with Gasteiger partial charge in [-0.2, -0.15) is 13.2 Å². The molecule has 8 heteroatoms. The highest BCUT2D eigenvalue weighted by atomic mass is 19.4. The van der Waals surface area contributed by atoms with E-state index < -0.39 is 11.9 Å². The quantitative estimate of drug-likeness (QED) is 0.832. The van der Waals surface area contributed by atoms with Crippen LogP contribution in [0, 0.1) is 12.8 Å². The van der Waals surface area contributed by atoms with Gasteiger partial charge in [-0.15, -0.1) is 0 Å². The van der Waals surface area contributed by atoms with Crippen LogP contribution in [0.25, 0.3) is 0 Å². The highest BCUT2D eigenvalue weighted by Crippen LogP contribution is 2.35. The molecular formula is C18H21F3N4O. The van der Waals surface area contributed by atoms with Gasteiger partial charge in [0.15, 0.2) is 0 Å². The Bertz CT molecular complexity index is 776. The standard InChI is InChI=1S/C18H21F3N4O/c1-12-9-14(23-26-12)10-24-7-5-13-6-8-25(11-15(13)24)17-4-2-3-16(22-17)18(19,20)21/h2-4,9,13,15H,5-8,10-11H2,1H3. The monoisotopic (exact) mass is 366 g/mol. The van der Waals surface area contributed by atoms with E-state index in [1.54, 1.807) is 6.07 Å². The van der Waals surface area contributed by atoms with Crippen molar-refractivity contribution >= 4 is 5.82 Å². The molecule has 2 aromatic rings. The lowest BCUT2D eigenvalue weighted by Crippen LogP contribution is -2.48. The summed E-state index contributed by atoms with van der Waals surface area (Å²) in [6, 6.07) is 6.35. The van der Waals surface area contributed by atoms with Crippen molar-refractivity contribution in [3.05, 3.63) is 41.4 Å². The van der Waals surface area contributed by atoms with Gasteiger partial charge in [0, 0.05) is 31.7 Å². The first-order chi connectivity index (χ1) is 12.4. The van der Waals surface area contributed by atoms with Crippen molar-refractivity contribution in [2.75, 3.05) is 24.5 Å². The summed E-state index contributed by atoms with van der Waals surface area (Å²) in [4.78, 5) is 8.19. The van der Waals surface area contributed by atoms with E-state index in [1.165, 1.54) is 6.07 Å². The molecule has 0 aliphatic carbocycles. The van der Waals surface area contributed by atoms with Crippen molar-refractivity contribution in [3.63, 3.8) is 0 Å². The minimum atomic E-state index is -4.42. The van der Waals surface area contributed by atoms with Gasteiger partial charge in [-0.1, -0.05) is 11.2 Å². The Hall–Kier alpha value is -2.09. The molecule has 0 aromatic carbocycles. The average molecular weight is 366 g/mol. The first-order valence-electron chi connectivity index (χ1n) is 8.85. The maximum absolute atomic E-state index is 13.0. The molecule has 0 amide bonds. The minimum absolute atomic E-state index is 0.303. The number of likely N-dealkylation sites (tertiary alicyclic amines) is 1. The first-order valence-corrected chi connectivity index (χ1v) is 8.85. The molecule has 0 radical (unpaired) electrons. The topological polar surface area (TPSA) is 45.4 Å². The molecular weight excluding hydrogens is 345 g/mol. The predicted molar refractivity (Wildman–Crippen MR) is 89.6 cm³/mol. The van der Waals surface area contributed by atoms with Crippen molar-refractivity contribution in [1.82, 2.24) is 15.0 Å². The number of hydrogen-bond acceptors (Lipinski definition) is 5. The number of aryl methyl sites for hydroxylation is 1. The Morgan fingerprint density at radius 2 is 2.04 bits per heavy atom. The van der Waals surface area contributed by atoms with Crippen LogP contribution in [0.15, 0.2) is 28.8 Å². The second-order valence-electron chi connectivity index (χ2n) is 7.13. The number of nitrogens with zero attached hydrogens (tertiary/aromatic N) is 4. The van der Waals surface area contributed by atoms with E-state index in [2.05, 4.69) is 15.0 Å². The molecule has 2 saturated heterocycles. The van der Waals surface area contributed by atoms with Gasteiger partial charge in [0.1, 0.15) is 17.3 Å². The van der Waals surface area contributed by atoms with E-state index in [-0.39, 0.29) is 0 Å². The van der Waals surface area contributed by atoms with Crippen molar-refractivity contribution in [2.45, 2.75) is 38.5 Å². The van der Waals surface area contributed by atoms with Crippen molar-refractivity contribution in [1.29, 1.82) is 0 Å². The number of alkyl halides is 3. The lowest BCUT2D eigenvalue weighted by molar-refractivity contribution is -0.141. The Kier molecular flexibility index (Phi) is 4.38. The van der Waals surface area contributed by atoms with Gasteiger partial charge in [-0.05, 0) is 44.4 Å². The summed E-state index contributed by atoms with van der Waals surface area (Å²) in [5, 5.41) is 4.07. The lowest BCUT2D eigenvalue weighted by atomic mass is 9.92. The van der Waals surface area contributed by atoms with Crippen LogP contribution in [0.2, 0.25) is 0 Å². The summed E-state index contributed by atoms with van der Waals surface area (Å²) in [5.41, 5.74) is 0.0657. The van der Waals surface area contributed by atoms with E-state index in [0.29, 0.717) is 30.9 Å². The van der Waals surface area contributed by atoms with Crippen molar-refractivity contribution in [3.8, 4) is 0 Å². The Balaban J connectivity index is 1.49. The average Bonchev–Trinajstić information content (AvgIpc) is 3.20. The molecule has 2 aliphatic heterocycles. The third-order valence-corrected chi connectivity index (χ3v) is 5.37. The van der Waals surface area contributed by atoms with Crippen LogP contribution < -0.4 is 4.90 Å². The van der Waals surface area contributed by atoms with Crippen LogP contribution in [-0.4, -0.2) is 40.7 Å². The minimum Gasteiger partial charge on any atom is -0.361 e. The zero-order valence-corrected chi connectivity index (χ0v) is 14.5. The summed E-state index contributed by atoms with van der Waals surface area (Å²) in [5.74, 6) is 1.77. The van der Waals surface area contributed by atoms with Gasteiger partial charge in [-0.3, -0.25) is 4.90 Å². The third-order valence-electron chi connectivity index (χ3n) is 5.37. The van der Waals surface area contributed by atoms with E-state index in [1.807, 2.05) is 17.9 Å². The number of anilines is 1. The summed E-state index contributed by atoms with van der Waals surface area (Å²) in [7, 11) is 0. The van der Waals surface area contributed by atoms with Gasteiger partial charge < -0.3 is 9.42 Å². The first kappa shape index (κ1) is 17.3. The number of aromatic nitrogens is 2. The van der Waals surface area contributed by atoms with Gasteiger partial charge in [-0.25, -0.2) is 4.98 Å². The fourth-order valence-electron chi connectivity index (χ4n) is 4.09. The SMILES string of the molecule is Cc1cc(CN2CCC3CCN(c4cccc(C(F)(F)F)n4)CC32)no1. The van der Waals surface area contributed by atoms with Crippen LogP contribution in [0.1, 0.15) is 30.0 Å². The largest absolute Gasteiger partial charge is 0.433 e. The fourth-order valence-corrected chi connectivity index (χ4v) is 4.09. The summed E-state index contributed by atoms with van der Waals surface area (Å²) in [6.07, 6.45) is -2.33. The zero-order chi connectivity index (χ0) is 18.3. The normalized spacial score (nSPS) is 24.1. The summed E-state index contributed by atoms with van der Waals surface area (Å²) >= 11 is 0. The van der Waals surface area contributed by atoms with E-state index in [9.17, 15) is 13.2 Å². The molecule has 4 heterocycles. The highest BCUT2D eigenvalue weighted by molar-refractivity contribution is 5.41. The van der Waals surface area contributed by atoms with Gasteiger partial charge in [0.05, 0.1) is 5.69 Å². The fraction of sp³-hybridized carbons (Fsp3) is 0.556. The number of pyridine rings is 1. The molecule has 2 aromatic heterocycles. The second kappa shape index (κ2) is 6.57. The number of rotatable bonds is 3. The number of fused-ring (bicyclic) bond motifs is 1. The number of halogens is 3. The predicted octanol–water partition coefficient (Wildman–Crippen LogP) is 3.50. The smallest absolute Gasteiger partial charge is 0.361 e.